The summed E-state index contributed by atoms with van der Waals surface area (Å²) in [5.74, 6) is 1.19. The first-order chi connectivity index (χ1) is 9.65. The summed E-state index contributed by atoms with van der Waals surface area (Å²) < 4.78 is 5.81. The predicted octanol–water partition coefficient (Wildman–Crippen LogP) is 4.15. The molecule has 1 atom stereocenters. The lowest BCUT2D eigenvalue weighted by molar-refractivity contribution is 0.396. The molecule has 0 fully saturated rings. The molecule has 0 aliphatic carbocycles. The maximum Gasteiger partial charge on any atom is 0.248 e. The Bertz CT molecular complexity index is 568. The van der Waals surface area contributed by atoms with Crippen LogP contribution in [0.5, 0.6) is 0 Å². The maximum atomic E-state index is 5.96. The SMILES string of the molecule is CCCNC(CC)c1nnc(-c2ccc(Cl)cc2C)o1. The van der Waals surface area contributed by atoms with Crippen molar-refractivity contribution >= 4 is 11.6 Å². The predicted molar refractivity (Wildman–Crippen MR) is 80.8 cm³/mol. The molecule has 0 aliphatic rings. The molecule has 0 aliphatic heterocycles. The van der Waals surface area contributed by atoms with Crippen LogP contribution in [0.2, 0.25) is 5.02 Å². The first-order valence-electron chi connectivity index (χ1n) is 6.99. The second kappa shape index (κ2) is 6.86. The van der Waals surface area contributed by atoms with E-state index in [1.165, 1.54) is 0 Å². The van der Waals surface area contributed by atoms with E-state index in [2.05, 4.69) is 29.4 Å². The highest BCUT2D eigenvalue weighted by atomic mass is 35.5. The Labute approximate surface area is 124 Å². The zero-order valence-electron chi connectivity index (χ0n) is 12.1. The summed E-state index contributed by atoms with van der Waals surface area (Å²) in [5, 5.41) is 12.4. The van der Waals surface area contributed by atoms with Crippen LogP contribution in [-0.4, -0.2) is 16.7 Å². The molecule has 0 radical (unpaired) electrons. The number of hydrogen-bond acceptors (Lipinski definition) is 4. The van der Waals surface area contributed by atoms with Crippen molar-refractivity contribution in [3.05, 3.63) is 34.7 Å². The first kappa shape index (κ1) is 15.0. The van der Waals surface area contributed by atoms with E-state index >= 15 is 0 Å². The number of hydrogen-bond donors (Lipinski definition) is 1. The Morgan fingerprint density at radius 2 is 2.10 bits per heavy atom. The summed E-state index contributed by atoms with van der Waals surface area (Å²) in [7, 11) is 0. The van der Waals surface area contributed by atoms with Crippen LogP contribution in [0.3, 0.4) is 0 Å². The number of nitrogens with zero attached hydrogens (tertiary/aromatic N) is 2. The lowest BCUT2D eigenvalue weighted by Crippen LogP contribution is -2.21. The molecule has 2 rings (SSSR count). The number of aromatic nitrogens is 2. The summed E-state index contributed by atoms with van der Waals surface area (Å²) in [4.78, 5) is 0. The Balaban J connectivity index is 2.23. The number of halogens is 1. The number of rotatable bonds is 6. The molecular weight excluding hydrogens is 274 g/mol. The number of aryl methyl sites for hydroxylation is 1. The average molecular weight is 294 g/mol. The smallest absolute Gasteiger partial charge is 0.248 e. The van der Waals surface area contributed by atoms with Crippen molar-refractivity contribution in [2.45, 2.75) is 39.7 Å². The van der Waals surface area contributed by atoms with E-state index in [0.717, 1.165) is 30.5 Å². The largest absolute Gasteiger partial charge is 0.419 e. The van der Waals surface area contributed by atoms with Gasteiger partial charge in [0, 0.05) is 10.6 Å². The van der Waals surface area contributed by atoms with Gasteiger partial charge in [-0.15, -0.1) is 10.2 Å². The van der Waals surface area contributed by atoms with Crippen LogP contribution in [0.15, 0.2) is 22.6 Å². The minimum absolute atomic E-state index is 0.115. The Morgan fingerprint density at radius 1 is 1.30 bits per heavy atom. The van der Waals surface area contributed by atoms with Crippen LogP contribution < -0.4 is 5.32 Å². The third-order valence-corrected chi connectivity index (χ3v) is 3.44. The molecular formula is C15H20ClN3O. The molecule has 1 aromatic carbocycles. The van der Waals surface area contributed by atoms with Crippen molar-refractivity contribution in [2.75, 3.05) is 6.54 Å². The van der Waals surface area contributed by atoms with Crippen LogP contribution in [0.1, 0.15) is 44.2 Å². The fourth-order valence-corrected chi connectivity index (χ4v) is 2.30. The van der Waals surface area contributed by atoms with Gasteiger partial charge in [0.15, 0.2) is 0 Å². The second-order valence-corrected chi connectivity index (χ2v) is 5.26. The van der Waals surface area contributed by atoms with E-state index in [9.17, 15) is 0 Å². The molecule has 1 N–H and O–H groups in total. The maximum absolute atomic E-state index is 5.96. The standard InChI is InChI=1S/C15H20ClN3O/c1-4-8-17-13(5-2)15-19-18-14(20-15)12-7-6-11(16)9-10(12)3/h6-7,9,13,17H,4-5,8H2,1-3H3. The van der Waals surface area contributed by atoms with Gasteiger partial charge in [-0.3, -0.25) is 0 Å². The Kier molecular flexibility index (Phi) is 5.15. The molecule has 5 heteroatoms. The average Bonchev–Trinajstić information content (AvgIpc) is 2.89. The van der Waals surface area contributed by atoms with Crippen LogP contribution in [0.25, 0.3) is 11.5 Å². The highest BCUT2D eigenvalue weighted by molar-refractivity contribution is 6.30. The molecule has 4 nitrogen and oxygen atoms in total. The van der Waals surface area contributed by atoms with Crippen LogP contribution in [0.4, 0.5) is 0 Å². The summed E-state index contributed by atoms with van der Waals surface area (Å²) in [6.07, 6.45) is 2.00. The third kappa shape index (κ3) is 3.38. The van der Waals surface area contributed by atoms with E-state index in [1.807, 2.05) is 25.1 Å². The quantitative estimate of drug-likeness (QED) is 0.869. The molecule has 20 heavy (non-hydrogen) atoms. The van der Waals surface area contributed by atoms with Crippen LogP contribution in [0, 0.1) is 6.92 Å². The minimum Gasteiger partial charge on any atom is -0.419 e. The molecule has 0 amide bonds. The fourth-order valence-electron chi connectivity index (χ4n) is 2.08. The fraction of sp³-hybridized carbons (Fsp3) is 0.467. The molecule has 0 spiro atoms. The summed E-state index contributed by atoms with van der Waals surface area (Å²) in [6, 6.07) is 5.76. The van der Waals surface area contributed by atoms with Crippen molar-refractivity contribution in [1.82, 2.24) is 15.5 Å². The van der Waals surface area contributed by atoms with Crippen molar-refractivity contribution in [2.24, 2.45) is 0 Å². The monoisotopic (exact) mass is 293 g/mol. The molecule has 0 saturated carbocycles. The van der Waals surface area contributed by atoms with Gasteiger partial charge in [-0.25, -0.2) is 0 Å². The molecule has 1 heterocycles. The van der Waals surface area contributed by atoms with Crippen molar-refractivity contribution in [3.8, 4) is 11.5 Å². The van der Waals surface area contributed by atoms with Gasteiger partial charge in [0.1, 0.15) is 0 Å². The van der Waals surface area contributed by atoms with Gasteiger partial charge in [-0.2, -0.15) is 0 Å². The van der Waals surface area contributed by atoms with Gasteiger partial charge in [-0.1, -0.05) is 25.4 Å². The van der Waals surface area contributed by atoms with Gasteiger partial charge in [0.25, 0.3) is 0 Å². The van der Waals surface area contributed by atoms with Crippen LogP contribution >= 0.6 is 11.6 Å². The Hall–Kier alpha value is -1.39. The topological polar surface area (TPSA) is 51.0 Å². The van der Waals surface area contributed by atoms with E-state index in [4.69, 9.17) is 16.0 Å². The number of nitrogens with one attached hydrogen (secondary N) is 1. The lowest BCUT2D eigenvalue weighted by Gasteiger charge is -2.11. The van der Waals surface area contributed by atoms with Crippen molar-refractivity contribution in [3.63, 3.8) is 0 Å². The summed E-state index contributed by atoms with van der Waals surface area (Å²) >= 11 is 5.96. The third-order valence-electron chi connectivity index (χ3n) is 3.21. The lowest BCUT2D eigenvalue weighted by atomic mass is 10.1. The molecule has 2 aromatic rings. The molecule has 0 bridgehead atoms. The molecule has 1 unspecified atom stereocenters. The first-order valence-corrected chi connectivity index (χ1v) is 7.36. The van der Waals surface area contributed by atoms with E-state index in [-0.39, 0.29) is 6.04 Å². The molecule has 108 valence electrons. The highest BCUT2D eigenvalue weighted by Crippen LogP contribution is 2.26. The van der Waals surface area contributed by atoms with Gasteiger partial charge in [-0.05, 0) is 50.1 Å². The summed E-state index contributed by atoms with van der Waals surface area (Å²) in [6.45, 7) is 7.16. The van der Waals surface area contributed by atoms with E-state index in [0.29, 0.717) is 16.8 Å². The van der Waals surface area contributed by atoms with Crippen molar-refractivity contribution < 1.29 is 4.42 Å². The highest BCUT2D eigenvalue weighted by Gasteiger charge is 2.17. The van der Waals surface area contributed by atoms with E-state index < -0.39 is 0 Å². The second-order valence-electron chi connectivity index (χ2n) is 4.82. The van der Waals surface area contributed by atoms with Gasteiger partial charge < -0.3 is 9.73 Å². The molecule has 1 aromatic heterocycles. The van der Waals surface area contributed by atoms with Gasteiger partial charge in [0.2, 0.25) is 11.8 Å². The summed E-state index contributed by atoms with van der Waals surface area (Å²) in [5.41, 5.74) is 1.96. The van der Waals surface area contributed by atoms with Gasteiger partial charge in [0.05, 0.1) is 6.04 Å². The molecule has 0 saturated heterocycles. The Morgan fingerprint density at radius 3 is 2.75 bits per heavy atom. The van der Waals surface area contributed by atoms with Gasteiger partial charge >= 0.3 is 0 Å². The number of benzene rings is 1. The zero-order chi connectivity index (χ0) is 14.5. The zero-order valence-corrected chi connectivity index (χ0v) is 12.9. The van der Waals surface area contributed by atoms with Crippen molar-refractivity contribution in [1.29, 1.82) is 0 Å². The van der Waals surface area contributed by atoms with E-state index in [1.54, 1.807) is 0 Å². The minimum atomic E-state index is 0.115. The van der Waals surface area contributed by atoms with Crippen LogP contribution in [-0.2, 0) is 0 Å². The normalized spacial score (nSPS) is 12.6.